The minimum absolute atomic E-state index is 0.244. The molecule has 0 amide bonds. The summed E-state index contributed by atoms with van der Waals surface area (Å²) in [6, 6.07) is 0.350. The van der Waals surface area contributed by atoms with Gasteiger partial charge in [-0.2, -0.15) is 15.0 Å². The van der Waals surface area contributed by atoms with Gasteiger partial charge >= 0.3 is 6.01 Å². The molecule has 7 nitrogen and oxygen atoms in total. The Balaban J connectivity index is 2.66. The van der Waals surface area contributed by atoms with Crippen LogP contribution in [0.5, 0.6) is 6.01 Å². The molecule has 20 heavy (non-hydrogen) atoms. The smallest absolute Gasteiger partial charge is 0.323 e. The Hall–Kier alpha value is -1.63. The SMILES string of the molecule is CCCOc1nc(NC)nc(N(C)CCCCCO)n1. The lowest BCUT2D eigenvalue weighted by atomic mass is 10.2. The van der Waals surface area contributed by atoms with Crippen molar-refractivity contribution >= 4 is 11.9 Å². The molecule has 1 aromatic rings. The van der Waals surface area contributed by atoms with E-state index in [2.05, 4.69) is 20.3 Å². The van der Waals surface area contributed by atoms with E-state index in [0.717, 1.165) is 32.2 Å². The summed E-state index contributed by atoms with van der Waals surface area (Å²) in [5.74, 6) is 1.10. The third kappa shape index (κ3) is 5.56. The second-order valence-corrected chi connectivity index (χ2v) is 4.55. The monoisotopic (exact) mass is 283 g/mol. The maximum atomic E-state index is 8.76. The van der Waals surface area contributed by atoms with Gasteiger partial charge in [0.05, 0.1) is 6.61 Å². The first-order chi connectivity index (χ1) is 9.71. The van der Waals surface area contributed by atoms with E-state index in [9.17, 15) is 0 Å². The quantitative estimate of drug-likeness (QED) is 0.626. The van der Waals surface area contributed by atoms with Gasteiger partial charge in [0.2, 0.25) is 11.9 Å². The number of nitrogens with one attached hydrogen (secondary N) is 1. The molecule has 0 aliphatic carbocycles. The van der Waals surface area contributed by atoms with Gasteiger partial charge in [0.25, 0.3) is 0 Å². The largest absolute Gasteiger partial charge is 0.463 e. The molecule has 0 atom stereocenters. The van der Waals surface area contributed by atoms with Gasteiger partial charge in [0, 0.05) is 27.2 Å². The van der Waals surface area contributed by atoms with Gasteiger partial charge < -0.3 is 20.1 Å². The van der Waals surface area contributed by atoms with Crippen LogP contribution in [0.15, 0.2) is 0 Å². The van der Waals surface area contributed by atoms with Crippen molar-refractivity contribution in [3.05, 3.63) is 0 Å². The highest BCUT2D eigenvalue weighted by Gasteiger charge is 2.10. The van der Waals surface area contributed by atoms with Gasteiger partial charge in [-0.1, -0.05) is 6.92 Å². The summed E-state index contributed by atoms with van der Waals surface area (Å²) in [6.07, 6.45) is 3.72. The highest BCUT2D eigenvalue weighted by atomic mass is 16.5. The second kappa shape index (κ2) is 9.30. The third-order valence-corrected chi connectivity index (χ3v) is 2.76. The molecule has 0 saturated carbocycles. The zero-order chi connectivity index (χ0) is 14.8. The van der Waals surface area contributed by atoms with Crippen LogP contribution in [0.4, 0.5) is 11.9 Å². The Morgan fingerprint density at radius 2 is 2.00 bits per heavy atom. The molecule has 7 heteroatoms. The van der Waals surface area contributed by atoms with Gasteiger partial charge in [0.15, 0.2) is 0 Å². The first kappa shape index (κ1) is 16.4. The van der Waals surface area contributed by atoms with E-state index in [4.69, 9.17) is 9.84 Å². The van der Waals surface area contributed by atoms with Crippen molar-refractivity contribution in [1.82, 2.24) is 15.0 Å². The zero-order valence-electron chi connectivity index (χ0n) is 12.6. The maximum Gasteiger partial charge on any atom is 0.323 e. The average molecular weight is 283 g/mol. The van der Waals surface area contributed by atoms with Crippen molar-refractivity contribution in [2.75, 3.05) is 44.1 Å². The van der Waals surface area contributed by atoms with Crippen LogP contribution in [0.25, 0.3) is 0 Å². The first-order valence-electron chi connectivity index (χ1n) is 7.09. The van der Waals surface area contributed by atoms with E-state index in [-0.39, 0.29) is 6.61 Å². The van der Waals surface area contributed by atoms with Crippen molar-refractivity contribution in [3.63, 3.8) is 0 Å². The number of ether oxygens (including phenoxy) is 1. The summed E-state index contributed by atoms with van der Waals surface area (Å²) >= 11 is 0. The molecule has 0 fully saturated rings. The van der Waals surface area contributed by atoms with Crippen LogP contribution in [-0.4, -0.2) is 53.9 Å². The van der Waals surface area contributed by atoms with E-state index in [1.165, 1.54) is 0 Å². The normalized spacial score (nSPS) is 10.4. The lowest BCUT2D eigenvalue weighted by Gasteiger charge is -2.17. The van der Waals surface area contributed by atoms with E-state index < -0.39 is 0 Å². The van der Waals surface area contributed by atoms with Gasteiger partial charge in [-0.05, 0) is 25.7 Å². The lowest BCUT2D eigenvalue weighted by Crippen LogP contribution is -2.22. The van der Waals surface area contributed by atoms with Gasteiger partial charge in [0.1, 0.15) is 0 Å². The second-order valence-electron chi connectivity index (χ2n) is 4.55. The fourth-order valence-corrected chi connectivity index (χ4v) is 1.62. The van der Waals surface area contributed by atoms with E-state index >= 15 is 0 Å². The molecule has 0 spiro atoms. The third-order valence-electron chi connectivity index (χ3n) is 2.76. The van der Waals surface area contributed by atoms with Crippen molar-refractivity contribution in [3.8, 4) is 6.01 Å². The summed E-state index contributed by atoms with van der Waals surface area (Å²) in [5.41, 5.74) is 0. The standard InChI is InChI=1S/C13H25N5O2/c1-4-10-20-13-16-11(14-2)15-12(17-13)18(3)8-6-5-7-9-19/h19H,4-10H2,1-3H3,(H,14,15,16,17). The number of nitrogens with zero attached hydrogens (tertiary/aromatic N) is 4. The number of unbranched alkanes of at least 4 members (excludes halogenated alkanes) is 2. The van der Waals surface area contributed by atoms with E-state index in [1.807, 2.05) is 18.9 Å². The van der Waals surface area contributed by atoms with E-state index in [1.54, 1.807) is 7.05 Å². The molecular formula is C13H25N5O2. The molecule has 114 valence electrons. The molecular weight excluding hydrogens is 258 g/mol. The number of aliphatic hydroxyl groups is 1. The van der Waals surface area contributed by atoms with Gasteiger partial charge in [-0.15, -0.1) is 0 Å². The minimum Gasteiger partial charge on any atom is -0.463 e. The Morgan fingerprint density at radius 3 is 2.65 bits per heavy atom. The molecule has 1 aromatic heterocycles. The number of hydrogen-bond donors (Lipinski definition) is 2. The molecule has 0 aromatic carbocycles. The average Bonchev–Trinajstić information content (AvgIpc) is 2.48. The molecule has 1 rings (SSSR count). The van der Waals surface area contributed by atoms with Crippen LogP contribution in [0.2, 0.25) is 0 Å². The summed E-state index contributed by atoms with van der Waals surface area (Å²) in [4.78, 5) is 14.8. The molecule has 0 unspecified atom stereocenters. The number of anilines is 2. The number of rotatable bonds is 10. The molecule has 0 saturated heterocycles. The highest BCUT2D eigenvalue weighted by Crippen LogP contribution is 2.14. The van der Waals surface area contributed by atoms with Crippen molar-refractivity contribution in [1.29, 1.82) is 0 Å². The van der Waals surface area contributed by atoms with Crippen molar-refractivity contribution in [2.45, 2.75) is 32.6 Å². The Labute approximate surface area is 120 Å². The molecule has 2 N–H and O–H groups in total. The molecule has 1 heterocycles. The summed E-state index contributed by atoms with van der Waals surface area (Å²) in [6.45, 7) is 3.70. The Kier molecular flexibility index (Phi) is 7.64. The summed E-state index contributed by atoms with van der Waals surface area (Å²) in [5, 5.41) is 11.7. The van der Waals surface area contributed by atoms with Crippen LogP contribution < -0.4 is 15.0 Å². The minimum atomic E-state index is 0.244. The number of aliphatic hydroxyl groups excluding tert-OH is 1. The molecule has 0 radical (unpaired) electrons. The highest BCUT2D eigenvalue weighted by molar-refractivity contribution is 5.37. The Morgan fingerprint density at radius 1 is 1.20 bits per heavy atom. The van der Waals surface area contributed by atoms with Gasteiger partial charge in [-0.3, -0.25) is 0 Å². The number of aromatic nitrogens is 3. The van der Waals surface area contributed by atoms with Crippen LogP contribution in [0.1, 0.15) is 32.6 Å². The van der Waals surface area contributed by atoms with Crippen molar-refractivity contribution < 1.29 is 9.84 Å². The molecule has 0 aliphatic heterocycles. The van der Waals surface area contributed by atoms with Crippen molar-refractivity contribution in [2.24, 2.45) is 0 Å². The molecule has 0 aliphatic rings. The summed E-state index contributed by atoms with van der Waals surface area (Å²) < 4.78 is 5.47. The van der Waals surface area contributed by atoms with E-state index in [0.29, 0.717) is 24.5 Å². The van der Waals surface area contributed by atoms with Crippen LogP contribution in [0.3, 0.4) is 0 Å². The lowest BCUT2D eigenvalue weighted by molar-refractivity contribution is 0.283. The predicted molar refractivity (Wildman–Crippen MR) is 79.4 cm³/mol. The summed E-state index contributed by atoms with van der Waals surface area (Å²) in [7, 11) is 3.71. The topological polar surface area (TPSA) is 83.4 Å². The predicted octanol–water partition coefficient (Wildman–Crippen LogP) is 1.30. The first-order valence-corrected chi connectivity index (χ1v) is 7.09. The fraction of sp³-hybridized carbons (Fsp3) is 0.769. The zero-order valence-corrected chi connectivity index (χ0v) is 12.6. The maximum absolute atomic E-state index is 8.76. The van der Waals surface area contributed by atoms with Gasteiger partial charge in [-0.25, -0.2) is 0 Å². The van der Waals surface area contributed by atoms with Crippen LogP contribution in [0, 0.1) is 0 Å². The molecule has 0 bridgehead atoms. The fourth-order valence-electron chi connectivity index (χ4n) is 1.62. The van der Waals surface area contributed by atoms with Crippen LogP contribution in [-0.2, 0) is 0 Å². The number of hydrogen-bond acceptors (Lipinski definition) is 7. The van der Waals surface area contributed by atoms with Crippen LogP contribution >= 0.6 is 0 Å². The Bertz CT molecular complexity index is 389.